The molecule has 0 atom stereocenters. The van der Waals surface area contributed by atoms with Crippen molar-refractivity contribution >= 4 is 17.5 Å². The van der Waals surface area contributed by atoms with E-state index in [9.17, 15) is 9.59 Å². The second-order valence-corrected chi connectivity index (χ2v) is 4.45. The van der Waals surface area contributed by atoms with Crippen molar-refractivity contribution in [3.05, 3.63) is 54.1 Å². The summed E-state index contributed by atoms with van der Waals surface area (Å²) in [5, 5.41) is 0. The Kier molecular flexibility index (Phi) is 4.45. The van der Waals surface area contributed by atoms with Crippen LogP contribution in [0.2, 0.25) is 0 Å². The number of benzene rings is 1. The van der Waals surface area contributed by atoms with Crippen molar-refractivity contribution in [2.24, 2.45) is 5.73 Å². The zero-order chi connectivity index (χ0) is 15.2. The summed E-state index contributed by atoms with van der Waals surface area (Å²) in [7, 11) is 0. The monoisotopic (exact) mass is 285 g/mol. The molecule has 0 fully saturated rings. The van der Waals surface area contributed by atoms with Gasteiger partial charge in [0.05, 0.1) is 12.1 Å². The minimum Gasteiger partial charge on any atom is -0.398 e. The standard InChI is InChI=1S/C14H15N5O2/c15-12-4-2-1-3-10(12)7-19(8-13(16)20)14(21)11-5-17-9-18-6-11/h1-6,9H,7-8,15H2,(H2,16,20). The van der Waals surface area contributed by atoms with E-state index < -0.39 is 5.91 Å². The number of nitrogen functional groups attached to an aromatic ring is 1. The molecular formula is C14H15N5O2. The number of amides is 2. The smallest absolute Gasteiger partial charge is 0.257 e. The van der Waals surface area contributed by atoms with Crippen molar-refractivity contribution in [2.45, 2.75) is 6.54 Å². The van der Waals surface area contributed by atoms with Crippen LogP contribution >= 0.6 is 0 Å². The molecule has 108 valence electrons. The first kappa shape index (κ1) is 14.4. The third kappa shape index (κ3) is 3.75. The Balaban J connectivity index is 2.25. The normalized spacial score (nSPS) is 10.1. The summed E-state index contributed by atoms with van der Waals surface area (Å²) in [5.74, 6) is -0.979. The molecule has 0 saturated heterocycles. The topological polar surface area (TPSA) is 115 Å². The lowest BCUT2D eigenvalue weighted by Crippen LogP contribution is -2.38. The Morgan fingerprint density at radius 2 is 1.81 bits per heavy atom. The molecule has 0 spiro atoms. The van der Waals surface area contributed by atoms with E-state index in [1.807, 2.05) is 6.07 Å². The summed E-state index contributed by atoms with van der Waals surface area (Å²) in [5.41, 5.74) is 12.6. The van der Waals surface area contributed by atoms with E-state index in [1.54, 1.807) is 18.2 Å². The predicted molar refractivity (Wildman–Crippen MR) is 76.8 cm³/mol. The number of nitrogens with two attached hydrogens (primary N) is 2. The van der Waals surface area contributed by atoms with Gasteiger partial charge in [-0.2, -0.15) is 0 Å². The third-order valence-corrected chi connectivity index (χ3v) is 2.86. The van der Waals surface area contributed by atoms with Crippen molar-refractivity contribution in [2.75, 3.05) is 12.3 Å². The van der Waals surface area contributed by atoms with Gasteiger partial charge in [-0.15, -0.1) is 0 Å². The van der Waals surface area contributed by atoms with Crippen LogP contribution in [0.4, 0.5) is 5.69 Å². The molecule has 0 unspecified atom stereocenters. The molecule has 4 N–H and O–H groups in total. The van der Waals surface area contributed by atoms with Gasteiger partial charge in [0, 0.05) is 24.6 Å². The summed E-state index contributed by atoms with van der Waals surface area (Å²) in [6, 6.07) is 7.13. The molecule has 1 heterocycles. The number of nitrogens with zero attached hydrogens (tertiary/aromatic N) is 3. The number of hydrogen-bond acceptors (Lipinski definition) is 5. The fourth-order valence-electron chi connectivity index (χ4n) is 1.86. The molecular weight excluding hydrogens is 270 g/mol. The highest BCUT2D eigenvalue weighted by Crippen LogP contribution is 2.15. The number of rotatable bonds is 5. The minimum absolute atomic E-state index is 0.184. The van der Waals surface area contributed by atoms with Gasteiger partial charge < -0.3 is 16.4 Å². The van der Waals surface area contributed by atoms with Crippen LogP contribution in [0.3, 0.4) is 0 Å². The van der Waals surface area contributed by atoms with Gasteiger partial charge in [-0.3, -0.25) is 9.59 Å². The summed E-state index contributed by atoms with van der Waals surface area (Å²) in [6.07, 6.45) is 4.10. The first-order valence-corrected chi connectivity index (χ1v) is 6.24. The quantitative estimate of drug-likeness (QED) is 0.761. The maximum atomic E-state index is 12.4. The largest absolute Gasteiger partial charge is 0.398 e. The van der Waals surface area contributed by atoms with Crippen molar-refractivity contribution in [1.82, 2.24) is 14.9 Å². The van der Waals surface area contributed by atoms with Crippen molar-refractivity contribution in [3.8, 4) is 0 Å². The third-order valence-electron chi connectivity index (χ3n) is 2.86. The van der Waals surface area contributed by atoms with Crippen molar-refractivity contribution in [3.63, 3.8) is 0 Å². The highest BCUT2D eigenvalue weighted by Gasteiger charge is 2.19. The lowest BCUT2D eigenvalue weighted by atomic mass is 10.1. The van der Waals surface area contributed by atoms with Gasteiger partial charge in [0.1, 0.15) is 6.33 Å². The summed E-state index contributed by atoms with van der Waals surface area (Å²) < 4.78 is 0. The zero-order valence-corrected chi connectivity index (χ0v) is 11.3. The first-order valence-electron chi connectivity index (χ1n) is 6.24. The van der Waals surface area contributed by atoms with Gasteiger partial charge in [-0.1, -0.05) is 18.2 Å². The van der Waals surface area contributed by atoms with Crippen molar-refractivity contribution in [1.29, 1.82) is 0 Å². The molecule has 0 radical (unpaired) electrons. The molecule has 2 aromatic rings. The molecule has 1 aromatic heterocycles. The lowest BCUT2D eigenvalue weighted by molar-refractivity contribution is -0.118. The number of aromatic nitrogens is 2. The molecule has 0 aliphatic heterocycles. The van der Waals surface area contributed by atoms with E-state index in [0.29, 0.717) is 5.69 Å². The van der Waals surface area contributed by atoms with Crippen LogP contribution in [0, 0.1) is 0 Å². The Labute approximate surface area is 121 Å². The summed E-state index contributed by atoms with van der Waals surface area (Å²) >= 11 is 0. The average Bonchev–Trinajstić information content (AvgIpc) is 2.48. The van der Waals surface area contributed by atoms with E-state index in [-0.39, 0.29) is 24.6 Å². The van der Waals surface area contributed by atoms with Crippen LogP contribution in [0.5, 0.6) is 0 Å². The van der Waals surface area contributed by atoms with Crippen molar-refractivity contribution < 1.29 is 9.59 Å². The second-order valence-electron chi connectivity index (χ2n) is 4.45. The average molecular weight is 285 g/mol. The highest BCUT2D eigenvalue weighted by atomic mass is 16.2. The van der Waals surface area contributed by atoms with Crippen LogP contribution < -0.4 is 11.5 Å². The number of hydrogen-bond donors (Lipinski definition) is 2. The SMILES string of the molecule is NC(=O)CN(Cc1ccccc1N)C(=O)c1cncnc1. The van der Waals surface area contributed by atoms with Crippen LogP contribution in [-0.4, -0.2) is 33.2 Å². The van der Waals surface area contributed by atoms with E-state index >= 15 is 0 Å². The molecule has 0 saturated carbocycles. The maximum absolute atomic E-state index is 12.4. The molecule has 0 aliphatic rings. The fraction of sp³-hybridized carbons (Fsp3) is 0.143. The van der Waals surface area contributed by atoms with Gasteiger partial charge in [-0.05, 0) is 11.6 Å². The molecule has 0 bridgehead atoms. The number of carbonyl (C=O) groups is 2. The molecule has 1 aromatic carbocycles. The number of carbonyl (C=O) groups excluding carboxylic acids is 2. The maximum Gasteiger partial charge on any atom is 0.257 e. The highest BCUT2D eigenvalue weighted by molar-refractivity contribution is 5.95. The lowest BCUT2D eigenvalue weighted by Gasteiger charge is -2.21. The minimum atomic E-state index is -0.602. The summed E-state index contributed by atoms with van der Waals surface area (Å²) in [6.45, 7) is -0.0224. The Bertz CT molecular complexity index is 645. The number of primary amides is 1. The Morgan fingerprint density at radius 3 is 2.43 bits per heavy atom. The van der Waals surface area contributed by atoms with Gasteiger partial charge in [0.2, 0.25) is 5.91 Å². The molecule has 2 amide bonds. The van der Waals surface area contributed by atoms with Crippen LogP contribution in [0.15, 0.2) is 43.0 Å². The first-order chi connectivity index (χ1) is 10.1. The number of anilines is 1. The van der Waals surface area contributed by atoms with Crippen LogP contribution in [-0.2, 0) is 11.3 Å². The second kappa shape index (κ2) is 6.47. The Hall–Kier alpha value is -2.96. The molecule has 7 nitrogen and oxygen atoms in total. The molecule has 21 heavy (non-hydrogen) atoms. The van der Waals surface area contributed by atoms with Gasteiger partial charge in [0.25, 0.3) is 5.91 Å². The Morgan fingerprint density at radius 1 is 1.14 bits per heavy atom. The predicted octanol–water partition coefficient (Wildman–Crippen LogP) is 0.186. The van der Waals surface area contributed by atoms with Gasteiger partial charge >= 0.3 is 0 Å². The molecule has 7 heteroatoms. The zero-order valence-electron chi connectivity index (χ0n) is 11.3. The van der Waals surface area contributed by atoms with Crippen LogP contribution in [0.1, 0.15) is 15.9 Å². The van der Waals surface area contributed by atoms with E-state index in [2.05, 4.69) is 9.97 Å². The van der Waals surface area contributed by atoms with Crippen LogP contribution in [0.25, 0.3) is 0 Å². The molecule has 2 rings (SSSR count). The van der Waals surface area contributed by atoms with E-state index in [1.165, 1.54) is 23.6 Å². The molecule has 0 aliphatic carbocycles. The van der Waals surface area contributed by atoms with E-state index in [4.69, 9.17) is 11.5 Å². The van der Waals surface area contributed by atoms with Gasteiger partial charge in [0.15, 0.2) is 0 Å². The summed E-state index contributed by atoms with van der Waals surface area (Å²) in [4.78, 5) is 32.5. The fourth-order valence-corrected chi connectivity index (χ4v) is 1.86. The number of para-hydroxylation sites is 1. The van der Waals surface area contributed by atoms with E-state index in [0.717, 1.165) is 5.56 Å². The van der Waals surface area contributed by atoms with Gasteiger partial charge in [-0.25, -0.2) is 9.97 Å².